The van der Waals surface area contributed by atoms with Crippen LogP contribution in [0.25, 0.3) is 0 Å². The van der Waals surface area contributed by atoms with Gasteiger partial charge in [0.05, 0.1) is 11.4 Å². The van der Waals surface area contributed by atoms with Crippen molar-refractivity contribution in [3.8, 4) is 0 Å². The lowest BCUT2D eigenvalue weighted by molar-refractivity contribution is -0.123. The third-order valence-corrected chi connectivity index (χ3v) is 7.45. The molecule has 0 aromatic heterocycles. The molecular weight excluding hydrogens is 350 g/mol. The van der Waals surface area contributed by atoms with Gasteiger partial charge in [-0.15, -0.1) is 0 Å². The number of nitrogens with one attached hydrogen (secondary N) is 1. The van der Waals surface area contributed by atoms with Crippen molar-refractivity contribution in [2.45, 2.75) is 43.5 Å². The molecule has 6 nitrogen and oxygen atoms in total. The Hall–Kier alpha value is -1.44. The maximum Gasteiger partial charge on any atom is 0.243 e. The molecule has 26 heavy (non-hydrogen) atoms. The molecule has 0 bridgehead atoms. The maximum absolute atomic E-state index is 12.6. The molecule has 0 spiro atoms. The molecule has 1 aliphatic carbocycles. The highest BCUT2D eigenvalue weighted by Crippen LogP contribution is 2.23. The molecule has 7 heteroatoms. The molecule has 3 rings (SSSR count). The fourth-order valence-corrected chi connectivity index (χ4v) is 5.30. The minimum absolute atomic E-state index is 0.0584. The van der Waals surface area contributed by atoms with Crippen LogP contribution in [0.2, 0.25) is 0 Å². The first-order valence-corrected chi connectivity index (χ1v) is 11.0. The molecule has 2 atom stereocenters. The molecule has 1 aromatic rings. The fraction of sp³-hybridized carbons (Fsp3) is 0.632. The third kappa shape index (κ3) is 4.64. The number of carbonyl (C=O) groups is 1. The summed E-state index contributed by atoms with van der Waals surface area (Å²) in [6.45, 7) is 4.56. The quantitative estimate of drug-likeness (QED) is 0.845. The first-order valence-electron chi connectivity index (χ1n) is 9.54. The van der Waals surface area contributed by atoms with E-state index < -0.39 is 10.0 Å². The van der Waals surface area contributed by atoms with Crippen molar-refractivity contribution in [2.24, 2.45) is 5.92 Å². The Morgan fingerprint density at radius 2 is 1.73 bits per heavy atom. The topological polar surface area (TPSA) is 69.7 Å². The van der Waals surface area contributed by atoms with Crippen LogP contribution in [0.1, 0.15) is 32.6 Å². The fourth-order valence-electron chi connectivity index (χ4n) is 3.86. The number of nitrogens with zero attached hydrogens (tertiary/aromatic N) is 2. The predicted octanol–water partition coefficient (Wildman–Crippen LogP) is 1.69. The standard InChI is InChI=1S/C19H29N3O3S/c1-16-7-5-6-10-18(16)20-19(23)15-21-11-13-22(14-12-21)26(24,25)17-8-3-2-4-9-17/h2-4,8-9,16,18H,5-7,10-15H2,1H3,(H,20,23)/t16-,18-/m0/s1. The van der Waals surface area contributed by atoms with Gasteiger partial charge in [-0.1, -0.05) is 38.0 Å². The number of hydrogen-bond acceptors (Lipinski definition) is 4. The van der Waals surface area contributed by atoms with Gasteiger partial charge in [-0.25, -0.2) is 8.42 Å². The highest BCUT2D eigenvalue weighted by atomic mass is 32.2. The smallest absolute Gasteiger partial charge is 0.243 e. The summed E-state index contributed by atoms with van der Waals surface area (Å²) in [5, 5.41) is 3.17. The predicted molar refractivity (Wildman–Crippen MR) is 101 cm³/mol. The Labute approximate surface area is 156 Å². The van der Waals surface area contributed by atoms with Gasteiger partial charge < -0.3 is 5.32 Å². The Morgan fingerprint density at radius 1 is 1.08 bits per heavy atom. The first kappa shape index (κ1) is 19.3. The van der Waals surface area contributed by atoms with Crippen LogP contribution in [0, 0.1) is 5.92 Å². The third-order valence-electron chi connectivity index (χ3n) is 5.54. The molecule has 2 fully saturated rings. The van der Waals surface area contributed by atoms with Crippen molar-refractivity contribution in [2.75, 3.05) is 32.7 Å². The Morgan fingerprint density at radius 3 is 2.38 bits per heavy atom. The summed E-state index contributed by atoms with van der Waals surface area (Å²) in [7, 11) is -3.44. The molecule has 0 radical (unpaired) electrons. The Balaban J connectivity index is 1.48. The van der Waals surface area contributed by atoms with Crippen LogP contribution in [0.4, 0.5) is 0 Å². The lowest BCUT2D eigenvalue weighted by Gasteiger charge is -2.34. The molecule has 1 aliphatic heterocycles. The number of carbonyl (C=O) groups excluding carboxylic acids is 1. The summed E-state index contributed by atoms with van der Waals surface area (Å²) in [6.07, 6.45) is 4.69. The van der Waals surface area contributed by atoms with Crippen LogP contribution >= 0.6 is 0 Å². The van der Waals surface area contributed by atoms with E-state index in [9.17, 15) is 13.2 Å². The second-order valence-electron chi connectivity index (χ2n) is 7.43. The summed E-state index contributed by atoms with van der Waals surface area (Å²) in [5.41, 5.74) is 0. The molecule has 0 unspecified atom stereocenters. The minimum atomic E-state index is -3.44. The summed E-state index contributed by atoms with van der Waals surface area (Å²) >= 11 is 0. The molecule has 144 valence electrons. The van der Waals surface area contributed by atoms with E-state index in [1.54, 1.807) is 24.3 Å². The van der Waals surface area contributed by atoms with Gasteiger partial charge in [0, 0.05) is 32.2 Å². The van der Waals surface area contributed by atoms with Gasteiger partial charge in [0.1, 0.15) is 0 Å². The molecular formula is C19H29N3O3S. The molecule has 1 heterocycles. The van der Waals surface area contributed by atoms with Crippen molar-refractivity contribution in [1.29, 1.82) is 0 Å². The second kappa shape index (κ2) is 8.50. The highest BCUT2D eigenvalue weighted by molar-refractivity contribution is 7.89. The first-order chi connectivity index (χ1) is 12.5. The monoisotopic (exact) mass is 379 g/mol. The van der Waals surface area contributed by atoms with Crippen LogP contribution in [-0.4, -0.2) is 62.3 Å². The van der Waals surface area contributed by atoms with Crippen LogP contribution in [0.15, 0.2) is 35.2 Å². The average Bonchev–Trinajstić information content (AvgIpc) is 2.65. The average molecular weight is 380 g/mol. The van der Waals surface area contributed by atoms with Gasteiger partial charge in [0.2, 0.25) is 15.9 Å². The highest BCUT2D eigenvalue weighted by Gasteiger charge is 2.29. The van der Waals surface area contributed by atoms with E-state index in [2.05, 4.69) is 12.2 Å². The van der Waals surface area contributed by atoms with Gasteiger partial charge in [-0.2, -0.15) is 4.31 Å². The van der Waals surface area contributed by atoms with Gasteiger partial charge in [0.15, 0.2) is 0 Å². The molecule has 1 N–H and O–H groups in total. The second-order valence-corrected chi connectivity index (χ2v) is 9.37. The van der Waals surface area contributed by atoms with E-state index in [0.717, 1.165) is 6.42 Å². The van der Waals surface area contributed by atoms with E-state index in [4.69, 9.17) is 0 Å². The van der Waals surface area contributed by atoms with Crippen molar-refractivity contribution in [1.82, 2.24) is 14.5 Å². The Bertz CT molecular complexity index is 700. The zero-order chi connectivity index (χ0) is 18.6. The van der Waals surface area contributed by atoms with E-state index >= 15 is 0 Å². The Kier molecular flexibility index (Phi) is 6.32. The van der Waals surface area contributed by atoms with E-state index in [-0.39, 0.29) is 11.9 Å². The summed E-state index contributed by atoms with van der Waals surface area (Å²) in [4.78, 5) is 14.7. The van der Waals surface area contributed by atoms with E-state index in [1.165, 1.54) is 23.6 Å². The van der Waals surface area contributed by atoms with Gasteiger partial charge >= 0.3 is 0 Å². The van der Waals surface area contributed by atoms with Crippen molar-refractivity contribution < 1.29 is 13.2 Å². The molecule has 1 saturated carbocycles. The summed E-state index contributed by atoms with van der Waals surface area (Å²) in [6, 6.07) is 8.82. The van der Waals surface area contributed by atoms with Crippen LogP contribution in [0.3, 0.4) is 0 Å². The van der Waals surface area contributed by atoms with Crippen molar-refractivity contribution >= 4 is 15.9 Å². The number of piperazine rings is 1. The lowest BCUT2D eigenvalue weighted by Crippen LogP contribution is -2.52. The molecule has 2 aliphatic rings. The van der Waals surface area contributed by atoms with Gasteiger partial charge in [-0.3, -0.25) is 9.69 Å². The van der Waals surface area contributed by atoms with Crippen LogP contribution in [-0.2, 0) is 14.8 Å². The van der Waals surface area contributed by atoms with Crippen molar-refractivity contribution in [3.63, 3.8) is 0 Å². The van der Waals surface area contributed by atoms with E-state index in [1.807, 2.05) is 11.0 Å². The molecule has 1 aromatic carbocycles. The summed E-state index contributed by atoms with van der Waals surface area (Å²) < 4.78 is 26.8. The molecule has 1 saturated heterocycles. The van der Waals surface area contributed by atoms with Crippen LogP contribution < -0.4 is 5.32 Å². The number of sulfonamides is 1. The lowest BCUT2D eigenvalue weighted by atomic mass is 9.86. The number of hydrogen-bond donors (Lipinski definition) is 1. The zero-order valence-corrected chi connectivity index (χ0v) is 16.2. The minimum Gasteiger partial charge on any atom is -0.352 e. The largest absolute Gasteiger partial charge is 0.352 e. The van der Waals surface area contributed by atoms with Gasteiger partial charge in [0.25, 0.3) is 0 Å². The number of benzene rings is 1. The summed E-state index contributed by atoms with van der Waals surface area (Å²) in [5.74, 6) is 0.601. The number of amides is 1. The van der Waals surface area contributed by atoms with Gasteiger partial charge in [-0.05, 0) is 30.9 Å². The van der Waals surface area contributed by atoms with E-state index in [0.29, 0.717) is 43.5 Å². The SMILES string of the molecule is C[C@H]1CCCC[C@@H]1NC(=O)CN1CCN(S(=O)(=O)c2ccccc2)CC1. The maximum atomic E-state index is 12.6. The normalized spacial score (nSPS) is 25.7. The van der Waals surface area contributed by atoms with Crippen LogP contribution in [0.5, 0.6) is 0 Å². The number of rotatable bonds is 5. The zero-order valence-electron chi connectivity index (χ0n) is 15.4. The van der Waals surface area contributed by atoms with Crippen molar-refractivity contribution in [3.05, 3.63) is 30.3 Å². The molecule has 1 amide bonds.